The molecule has 0 heterocycles. The quantitative estimate of drug-likeness (QED) is 0.770. The van der Waals surface area contributed by atoms with Crippen LogP contribution in [0.15, 0.2) is 18.2 Å². The lowest BCUT2D eigenvalue weighted by Gasteiger charge is -2.48. The van der Waals surface area contributed by atoms with Gasteiger partial charge in [0.25, 0.3) is 0 Å². The Hall–Kier alpha value is -2.10. The second-order valence-electron chi connectivity index (χ2n) is 8.66. The largest absolute Gasteiger partial charge is 0.472 e. The molecule has 0 aromatic heterocycles. The van der Waals surface area contributed by atoms with Crippen molar-refractivity contribution < 1.29 is 35.4 Å². The molecule has 1 N–H and O–H groups in total. The highest BCUT2D eigenvalue weighted by Crippen LogP contribution is 2.59. The van der Waals surface area contributed by atoms with Crippen molar-refractivity contribution in [1.29, 1.82) is 0 Å². The average Bonchev–Trinajstić information content (AvgIpc) is 2.95. The molecule has 4 atom stereocenters. The van der Waals surface area contributed by atoms with Crippen molar-refractivity contribution in [3.63, 3.8) is 0 Å². The van der Waals surface area contributed by atoms with Crippen molar-refractivity contribution in [1.82, 2.24) is 4.72 Å². The van der Waals surface area contributed by atoms with E-state index in [-0.39, 0.29) is 17.1 Å². The van der Waals surface area contributed by atoms with Crippen molar-refractivity contribution in [2.75, 3.05) is 0 Å². The molecule has 10 heteroatoms. The summed E-state index contributed by atoms with van der Waals surface area (Å²) in [5.41, 5.74) is 1.72. The average molecular weight is 445 g/mol. The molecular formula is C20H22F3NO5S. The van der Waals surface area contributed by atoms with Crippen LogP contribution in [0.2, 0.25) is 0 Å². The summed E-state index contributed by atoms with van der Waals surface area (Å²) >= 11 is 0. The van der Waals surface area contributed by atoms with Crippen LogP contribution in [0, 0.1) is 17.3 Å². The highest BCUT2D eigenvalue weighted by Gasteiger charge is 2.54. The van der Waals surface area contributed by atoms with Crippen LogP contribution in [0.3, 0.4) is 0 Å². The van der Waals surface area contributed by atoms with Crippen LogP contribution in [0.4, 0.5) is 13.2 Å². The molecule has 2 saturated carbocycles. The SMILES string of the molecule is C[C@]12CC[C@@H]3c4ccc(OS(=O)(=O)NC(=O)C(F)(F)F)cc4CC[C@H]3[C@@H]1CCC2=O. The number of fused-ring (bicyclic) bond motifs is 5. The normalized spacial score (nSPS) is 30.8. The van der Waals surface area contributed by atoms with Gasteiger partial charge >= 0.3 is 22.4 Å². The van der Waals surface area contributed by atoms with E-state index in [9.17, 15) is 31.2 Å². The lowest BCUT2D eigenvalue weighted by atomic mass is 9.55. The molecule has 164 valence electrons. The molecule has 0 bridgehead atoms. The lowest BCUT2D eigenvalue weighted by molar-refractivity contribution is -0.171. The predicted octanol–water partition coefficient (Wildman–Crippen LogP) is 3.41. The van der Waals surface area contributed by atoms with E-state index < -0.39 is 22.4 Å². The summed E-state index contributed by atoms with van der Waals surface area (Å²) in [5.74, 6) is -1.39. The summed E-state index contributed by atoms with van der Waals surface area (Å²) in [7, 11) is -4.95. The Morgan fingerprint density at radius 2 is 1.93 bits per heavy atom. The Morgan fingerprint density at radius 1 is 1.20 bits per heavy atom. The molecule has 1 amide bonds. The summed E-state index contributed by atoms with van der Waals surface area (Å²) < 4.78 is 65.9. The van der Waals surface area contributed by atoms with E-state index in [0.717, 1.165) is 41.5 Å². The molecular weight excluding hydrogens is 423 g/mol. The van der Waals surface area contributed by atoms with E-state index in [1.807, 2.05) is 0 Å². The van der Waals surface area contributed by atoms with Gasteiger partial charge in [-0.3, -0.25) is 9.59 Å². The number of nitrogens with one attached hydrogen (secondary N) is 1. The summed E-state index contributed by atoms with van der Waals surface area (Å²) in [6.45, 7) is 2.08. The first-order valence-electron chi connectivity index (χ1n) is 9.90. The molecule has 0 saturated heterocycles. The zero-order chi connectivity index (χ0) is 21.9. The maximum atomic E-state index is 12.4. The van der Waals surface area contributed by atoms with Gasteiger partial charge in [0.2, 0.25) is 0 Å². The van der Waals surface area contributed by atoms with Gasteiger partial charge in [0.1, 0.15) is 11.5 Å². The van der Waals surface area contributed by atoms with Gasteiger partial charge in [0.05, 0.1) is 0 Å². The zero-order valence-corrected chi connectivity index (χ0v) is 17.1. The number of hydrogen-bond donors (Lipinski definition) is 1. The maximum Gasteiger partial charge on any atom is 0.472 e. The molecule has 0 radical (unpaired) electrons. The molecule has 0 spiro atoms. The van der Waals surface area contributed by atoms with Crippen molar-refractivity contribution in [3.8, 4) is 5.75 Å². The minimum absolute atomic E-state index is 0.147. The molecule has 2 fully saturated rings. The summed E-state index contributed by atoms with van der Waals surface area (Å²) in [6, 6.07) is 4.66. The third-order valence-electron chi connectivity index (χ3n) is 7.09. The first-order valence-corrected chi connectivity index (χ1v) is 11.3. The molecule has 0 aliphatic heterocycles. The van der Waals surface area contributed by atoms with Crippen LogP contribution in [-0.2, 0) is 26.3 Å². The fraction of sp³-hybridized carbons (Fsp3) is 0.600. The van der Waals surface area contributed by atoms with Crippen molar-refractivity contribution in [2.45, 2.75) is 57.5 Å². The van der Waals surface area contributed by atoms with E-state index in [4.69, 9.17) is 0 Å². The Morgan fingerprint density at radius 3 is 2.63 bits per heavy atom. The van der Waals surface area contributed by atoms with Gasteiger partial charge in [0.15, 0.2) is 0 Å². The van der Waals surface area contributed by atoms with Gasteiger partial charge < -0.3 is 4.18 Å². The number of amides is 1. The van der Waals surface area contributed by atoms with Gasteiger partial charge in [-0.2, -0.15) is 21.6 Å². The number of rotatable bonds is 3. The Balaban J connectivity index is 1.53. The summed E-state index contributed by atoms with van der Waals surface area (Å²) in [6.07, 6.45) is -0.562. The Bertz CT molecular complexity index is 1010. The van der Waals surface area contributed by atoms with Crippen LogP contribution in [0.5, 0.6) is 5.75 Å². The smallest absolute Gasteiger partial charge is 0.367 e. The molecule has 1 aromatic rings. The van der Waals surface area contributed by atoms with Crippen molar-refractivity contribution >= 4 is 22.0 Å². The van der Waals surface area contributed by atoms with Gasteiger partial charge in [-0.1, -0.05) is 13.0 Å². The third-order valence-corrected chi connectivity index (χ3v) is 7.94. The second kappa shape index (κ2) is 6.96. The van der Waals surface area contributed by atoms with Crippen LogP contribution < -0.4 is 8.91 Å². The maximum absolute atomic E-state index is 12.4. The van der Waals surface area contributed by atoms with E-state index in [0.29, 0.717) is 30.5 Å². The number of halogens is 3. The molecule has 4 rings (SSSR count). The predicted molar refractivity (Wildman–Crippen MR) is 99.8 cm³/mol. The van der Waals surface area contributed by atoms with Crippen molar-refractivity contribution in [3.05, 3.63) is 29.3 Å². The van der Waals surface area contributed by atoms with Gasteiger partial charge in [-0.25, -0.2) is 4.72 Å². The van der Waals surface area contributed by atoms with Crippen LogP contribution in [-0.4, -0.2) is 26.3 Å². The van der Waals surface area contributed by atoms with Crippen LogP contribution in [0.25, 0.3) is 0 Å². The minimum atomic E-state index is -5.33. The number of aryl methyl sites for hydroxylation is 1. The number of alkyl halides is 3. The fourth-order valence-corrected chi connectivity index (χ4v) is 6.44. The van der Waals surface area contributed by atoms with Gasteiger partial charge in [-0.05, 0) is 73.1 Å². The highest BCUT2D eigenvalue weighted by atomic mass is 32.2. The van der Waals surface area contributed by atoms with E-state index in [2.05, 4.69) is 11.1 Å². The summed E-state index contributed by atoms with van der Waals surface area (Å²) in [5, 5.41) is 0. The number of carbonyl (C=O) groups is 2. The molecule has 3 aliphatic carbocycles. The molecule has 0 unspecified atom stereocenters. The Kier molecular flexibility index (Phi) is 4.91. The molecule has 1 aromatic carbocycles. The van der Waals surface area contributed by atoms with Gasteiger partial charge in [0, 0.05) is 11.8 Å². The van der Waals surface area contributed by atoms with E-state index >= 15 is 0 Å². The summed E-state index contributed by atoms with van der Waals surface area (Å²) in [4.78, 5) is 23.3. The first kappa shape index (κ1) is 21.1. The number of Topliss-reactive ketones (excluding diaryl/α,β-unsaturated/α-hetero) is 1. The number of benzene rings is 1. The Labute approximate surface area is 172 Å². The number of hydrogen-bond acceptors (Lipinski definition) is 5. The molecule has 6 nitrogen and oxygen atoms in total. The van der Waals surface area contributed by atoms with E-state index in [1.54, 1.807) is 6.07 Å². The number of carbonyl (C=O) groups excluding carboxylic acids is 2. The third kappa shape index (κ3) is 3.59. The monoisotopic (exact) mass is 445 g/mol. The lowest BCUT2D eigenvalue weighted by Crippen LogP contribution is -2.42. The molecule has 30 heavy (non-hydrogen) atoms. The second-order valence-corrected chi connectivity index (χ2v) is 9.94. The van der Waals surface area contributed by atoms with E-state index in [1.165, 1.54) is 12.1 Å². The van der Waals surface area contributed by atoms with Crippen LogP contribution >= 0.6 is 0 Å². The minimum Gasteiger partial charge on any atom is -0.367 e. The topological polar surface area (TPSA) is 89.5 Å². The highest BCUT2D eigenvalue weighted by molar-refractivity contribution is 7.85. The standard InChI is InChI=1S/C20H22F3NO5S/c1-19-9-8-14-13-5-3-12(29-30(27,28)24-18(26)20(21,22)23)10-11(13)2-4-15(14)16(19)6-7-17(19)25/h3,5,10,14-16H,2,4,6-9H2,1H3,(H,24,26)/t14-,15-,16+,19+/m1/s1. The van der Waals surface area contributed by atoms with Crippen molar-refractivity contribution in [2.24, 2.45) is 17.3 Å². The van der Waals surface area contributed by atoms with Gasteiger partial charge in [-0.15, -0.1) is 0 Å². The fourth-order valence-electron chi connectivity index (χ4n) is 5.70. The zero-order valence-electron chi connectivity index (χ0n) is 16.3. The van der Waals surface area contributed by atoms with Crippen LogP contribution in [0.1, 0.15) is 56.1 Å². The first-order chi connectivity index (χ1) is 13.9. The number of ketones is 1. The molecule has 3 aliphatic rings.